The third-order valence-electron chi connectivity index (χ3n) is 3.13. The van der Waals surface area contributed by atoms with E-state index >= 15 is 0 Å². The molecule has 0 heterocycles. The average Bonchev–Trinajstić information content (AvgIpc) is 2.41. The minimum Gasteiger partial charge on any atom is -0.399 e. The predicted octanol–water partition coefficient (Wildman–Crippen LogP) is 1.04. The Morgan fingerprint density at radius 1 is 1.45 bits per heavy atom. The second-order valence-corrected chi connectivity index (χ2v) is 6.38. The lowest BCUT2D eigenvalue weighted by Crippen LogP contribution is -2.37. The van der Waals surface area contributed by atoms with Crippen LogP contribution in [0.25, 0.3) is 0 Å². The van der Waals surface area contributed by atoms with Crippen LogP contribution >= 0.6 is 0 Å². The summed E-state index contributed by atoms with van der Waals surface area (Å²) in [5, 5.41) is 0. The first-order valence-electron chi connectivity index (χ1n) is 6.46. The van der Waals surface area contributed by atoms with Crippen molar-refractivity contribution < 1.29 is 13.2 Å². The van der Waals surface area contributed by atoms with Gasteiger partial charge >= 0.3 is 0 Å². The van der Waals surface area contributed by atoms with E-state index in [9.17, 15) is 8.42 Å². The zero-order valence-corrected chi connectivity index (χ0v) is 13.2. The highest BCUT2D eigenvalue weighted by Gasteiger charge is 2.23. The molecule has 114 valence electrons. The molecule has 0 saturated carbocycles. The number of nitrogens with one attached hydrogen (secondary N) is 1. The summed E-state index contributed by atoms with van der Waals surface area (Å²) in [7, 11) is -0.558. The fourth-order valence-corrected chi connectivity index (χ4v) is 3.12. The molecule has 0 aliphatic rings. The van der Waals surface area contributed by atoms with Crippen LogP contribution in [0.1, 0.15) is 13.8 Å². The summed E-state index contributed by atoms with van der Waals surface area (Å²) >= 11 is 0. The van der Waals surface area contributed by atoms with E-state index in [0.717, 1.165) is 0 Å². The molecule has 1 atom stereocenters. The molecule has 0 fully saturated rings. The summed E-state index contributed by atoms with van der Waals surface area (Å²) in [6.45, 7) is 5.13. The van der Waals surface area contributed by atoms with Crippen molar-refractivity contribution in [1.82, 2.24) is 4.72 Å². The molecule has 3 N–H and O–H groups in total. The fourth-order valence-electron chi connectivity index (χ4n) is 2.14. The number of ether oxygens (including phenoxy) is 1. The topological polar surface area (TPSA) is 84.7 Å². The standard InChI is InChI=1S/C13H23N3O3S/c1-5-16(10(2)9-19-4)12-7-6-11(14)8-13(12)20(17,18)15-3/h6-8,10,15H,5,9,14H2,1-4H3. The molecule has 0 aliphatic carbocycles. The highest BCUT2D eigenvalue weighted by atomic mass is 32.2. The normalized spacial score (nSPS) is 13.2. The highest BCUT2D eigenvalue weighted by Crippen LogP contribution is 2.28. The molecule has 1 aromatic rings. The smallest absolute Gasteiger partial charge is 0.242 e. The number of nitrogen functional groups attached to an aromatic ring is 1. The number of hydrogen-bond acceptors (Lipinski definition) is 5. The molecule has 1 rings (SSSR count). The van der Waals surface area contributed by atoms with E-state index in [1.807, 2.05) is 18.7 Å². The van der Waals surface area contributed by atoms with Gasteiger partial charge in [0.2, 0.25) is 10.0 Å². The van der Waals surface area contributed by atoms with Crippen molar-refractivity contribution >= 4 is 21.4 Å². The molecule has 6 nitrogen and oxygen atoms in total. The molecule has 0 bridgehead atoms. The van der Waals surface area contributed by atoms with E-state index in [2.05, 4.69) is 4.72 Å². The van der Waals surface area contributed by atoms with Gasteiger partial charge in [0.05, 0.1) is 12.3 Å². The molecule has 0 radical (unpaired) electrons. The van der Waals surface area contributed by atoms with Crippen molar-refractivity contribution in [2.45, 2.75) is 24.8 Å². The van der Waals surface area contributed by atoms with Crippen LogP contribution in [0, 0.1) is 0 Å². The zero-order valence-electron chi connectivity index (χ0n) is 12.4. The number of likely N-dealkylation sites (N-methyl/N-ethyl adjacent to an activating group) is 1. The van der Waals surface area contributed by atoms with Gasteiger partial charge in [0.1, 0.15) is 4.90 Å². The van der Waals surface area contributed by atoms with Crippen LogP contribution in [-0.4, -0.2) is 41.8 Å². The third-order valence-corrected chi connectivity index (χ3v) is 4.58. The maximum Gasteiger partial charge on any atom is 0.242 e. The van der Waals surface area contributed by atoms with E-state index in [0.29, 0.717) is 24.5 Å². The minimum atomic E-state index is -3.57. The van der Waals surface area contributed by atoms with Crippen LogP contribution in [0.15, 0.2) is 23.1 Å². The third kappa shape index (κ3) is 3.62. The average molecular weight is 301 g/mol. The number of nitrogens with two attached hydrogens (primary N) is 1. The quantitative estimate of drug-likeness (QED) is 0.735. The Hall–Kier alpha value is -1.31. The van der Waals surface area contributed by atoms with E-state index in [1.54, 1.807) is 19.2 Å². The van der Waals surface area contributed by atoms with Gasteiger partial charge in [-0.3, -0.25) is 0 Å². The Kier molecular flexibility index (Phi) is 5.79. The van der Waals surface area contributed by atoms with E-state index in [1.165, 1.54) is 13.1 Å². The maximum atomic E-state index is 12.2. The van der Waals surface area contributed by atoms with Crippen LogP contribution < -0.4 is 15.4 Å². The summed E-state index contributed by atoms with van der Waals surface area (Å²) in [5.41, 5.74) is 6.76. The van der Waals surface area contributed by atoms with Crippen LogP contribution in [0.3, 0.4) is 0 Å². The summed E-state index contributed by atoms with van der Waals surface area (Å²) < 4.78 is 31.8. The SMILES string of the molecule is CCN(c1ccc(N)cc1S(=O)(=O)NC)C(C)COC. The van der Waals surface area contributed by atoms with E-state index < -0.39 is 10.0 Å². The van der Waals surface area contributed by atoms with Crippen molar-refractivity contribution in [3.05, 3.63) is 18.2 Å². The van der Waals surface area contributed by atoms with E-state index in [4.69, 9.17) is 10.5 Å². The summed E-state index contributed by atoms with van der Waals surface area (Å²) in [6, 6.07) is 4.96. The maximum absolute atomic E-state index is 12.2. The van der Waals surface area contributed by atoms with Crippen molar-refractivity contribution in [1.29, 1.82) is 0 Å². The molecule has 0 aromatic heterocycles. The minimum absolute atomic E-state index is 0.0550. The molecule has 7 heteroatoms. The first kappa shape index (κ1) is 16.7. The monoisotopic (exact) mass is 301 g/mol. The Bertz CT molecular complexity index is 546. The number of nitrogens with zero attached hydrogens (tertiary/aromatic N) is 1. The molecule has 1 aromatic carbocycles. The van der Waals surface area contributed by atoms with Crippen molar-refractivity contribution in [3.8, 4) is 0 Å². The molecule has 0 spiro atoms. The van der Waals surface area contributed by atoms with Crippen LogP contribution in [0.5, 0.6) is 0 Å². The summed E-state index contributed by atoms with van der Waals surface area (Å²) in [6.07, 6.45) is 0. The van der Waals surface area contributed by atoms with Gasteiger partial charge in [-0.25, -0.2) is 13.1 Å². The largest absolute Gasteiger partial charge is 0.399 e. The molecular weight excluding hydrogens is 278 g/mol. The number of benzene rings is 1. The number of methoxy groups -OCH3 is 1. The molecule has 1 unspecified atom stereocenters. The lowest BCUT2D eigenvalue weighted by atomic mass is 10.2. The van der Waals surface area contributed by atoms with Crippen LogP contribution in [-0.2, 0) is 14.8 Å². The fraction of sp³-hybridized carbons (Fsp3) is 0.538. The Balaban J connectivity index is 3.36. The second kappa shape index (κ2) is 6.92. The lowest BCUT2D eigenvalue weighted by Gasteiger charge is -2.31. The second-order valence-electron chi connectivity index (χ2n) is 4.53. The van der Waals surface area contributed by atoms with Gasteiger partial charge in [0.15, 0.2) is 0 Å². The number of sulfonamides is 1. The van der Waals surface area contributed by atoms with Gasteiger partial charge < -0.3 is 15.4 Å². The Labute approximate surface area is 121 Å². The molecule has 0 amide bonds. The first-order chi connectivity index (χ1) is 9.37. The first-order valence-corrected chi connectivity index (χ1v) is 7.94. The number of rotatable bonds is 7. The summed E-state index contributed by atoms with van der Waals surface area (Å²) in [4.78, 5) is 2.16. The zero-order chi connectivity index (χ0) is 15.3. The van der Waals surface area contributed by atoms with Crippen LogP contribution in [0.4, 0.5) is 11.4 Å². The molecule has 20 heavy (non-hydrogen) atoms. The number of hydrogen-bond donors (Lipinski definition) is 2. The van der Waals surface area contributed by atoms with Crippen molar-refractivity contribution in [2.24, 2.45) is 0 Å². The molecule has 0 aliphatic heterocycles. The van der Waals surface area contributed by atoms with E-state index in [-0.39, 0.29) is 10.9 Å². The van der Waals surface area contributed by atoms with Gasteiger partial charge in [-0.15, -0.1) is 0 Å². The van der Waals surface area contributed by atoms with Gasteiger partial charge in [0.25, 0.3) is 0 Å². The predicted molar refractivity (Wildman–Crippen MR) is 81.5 cm³/mol. The highest BCUT2D eigenvalue weighted by molar-refractivity contribution is 7.89. The summed E-state index contributed by atoms with van der Waals surface area (Å²) in [5.74, 6) is 0. The van der Waals surface area contributed by atoms with Gasteiger partial charge in [-0.05, 0) is 39.1 Å². The van der Waals surface area contributed by atoms with Gasteiger partial charge in [-0.1, -0.05) is 0 Å². The Morgan fingerprint density at radius 3 is 2.60 bits per heavy atom. The van der Waals surface area contributed by atoms with Crippen molar-refractivity contribution in [2.75, 3.05) is 37.9 Å². The van der Waals surface area contributed by atoms with Gasteiger partial charge in [0, 0.05) is 25.4 Å². The van der Waals surface area contributed by atoms with Gasteiger partial charge in [-0.2, -0.15) is 0 Å². The van der Waals surface area contributed by atoms with Crippen LogP contribution in [0.2, 0.25) is 0 Å². The lowest BCUT2D eigenvalue weighted by molar-refractivity contribution is 0.182. The molecular formula is C13H23N3O3S. The Morgan fingerprint density at radius 2 is 2.10 bits per heavy atom. The molecule has 0 saturated heterocycles. The number of anilines is 2. The van der Waals surface area contributed by atoms with Crippen molar-refractivity contribution in [3.63, 3.8) is 0 Å².